The molecule has 14 heteroatoms. The third-order valence-electron chi connectivity index (χ3n) is 3.42. The molecule has 0 saturated heterocycles. The lowest BCUT2D eigenvalue weighted by Crippen LogP contribution is -2.30. The first-order valence-corrected chi connectivity index (χ1v) is 9.74. The van der Waals surface area contributed by atoms with Crippen LogP contribution in [0.4, 0.5) is 28.1 Å². The molecular formula is C17H21N7O6S. The Kier molecular flexibility index (Phi) is 8.63. The summed E-state index contributed by atoms with van der Waals surface area (Å²) in [5.41, 5.74) is 11.3. The molecule has 0 aliphatic heterocycles. The maximum absolute atomic E-state index is 11.8. The molecule has 0 bridgehead atoms. The second-order valence-electron chi connectivity index (χ2n) is 5.52. The first-order valence-electron chi connectivity index (χ1n) is 8.75. The summed E-state index contributed by atoms with van der Waals surface area (Å²) in [4.78, 5) is 47.2. The van der Waals surface area contributed by atoms with Crippen molar-refractivity contribution in [2.75, 3.05) is 43.1 Å². The van der Waals surface area contributed by atoms with Gasteiger partial charge in [-0.3, -0.25) is 10.2 Å². The van der Waals surface area contributed by atoms with E-state index in [0.29, 0.717) is 5.69 Å². The Morgan fingerprint density at radius 3 is 2.52 bits per heavy atom. The van der Waals surface area contributed by atoms with Gasteiger partial charge in [0.25, 0.3) is 0 Å². The van der Waals surface area contributed by atoms with Crippen LogP contribution < -0.4 is 21.9 Å². The van der Waals surface area contributed by atoms with Crippen molar-refractivity contribution >= 4 is 53.1 Å². The van der Waals surface area contributed by atoms with Gasteiger partial charge in [-0.2, -0.15) is 15.0 Å². The molecule has 0 fully saturated rings. The zero-order valence-corrected chi connectivity index (χ0v) is 17.7. The predicted octanol–water partition coefficient (Wildman–Crippen LogP) is 1.32. The number of aromatic nitrogens is 3. The highest BCUT2D eigenvalue weighted by Gasteiger charge is 2.14. The molecule has 2 rings (SSSR count). The molecule has 1 amide bonds. The van der Waals surface area contributed by atoms with Gasteiger partial charge in [0.2, 0.25) is 11.9 Å². The number of esters is 2. The number of hydrogen-bond acceptors (Lipinski definition) is 13. The number of nitrogens with one attached hydrogen (secondary N) is 3. The second kappa shape index (κ2) is 11.4. The minimum absolute atomic E-state index is 0.0297. The van der Waals surface area contributed by atoms with Crippen LogP contribution in [0.15, 0.2) is 23.4 Å². The van der Waals surface area contributed by atoms with Gasteiger partial charge in [-0.1, -0.05) is 11.8 Å². The Bertz CT molecular complexity index is 959. The Balaban J connectivity index is 2.27. The van der Waals surface area contributed by atoms with Crippen molar-refractivity contribution < 1.29 is 28.6 Å². The molecule has 1 aromatic heterocycles. The first kappa shape index (κ1) is 23.5. The van der Waals surface area contributed by atoms with Crippen LogP contribution in [-0.2, 0) is 19.0 Å². The number of hydrazine groups is 1. The van der Waals surface area contributed by atoms with Crippen molar-refractivity contribution in [1.82, 2.24) is 20.4 Å². The number of ether oxygens (including phenoxy) is 3. The van der Waals surface area contributed by atoms with E-state index in [1.165, 1.54) is 26.4 Å². The van der Waals surface area contributed by atoms with Crippen LogP contribution in [0.1, 0.15) is 17.3 Å². The van der Waals surface area contributed by atoms with Crippen LogP contribution in [0.3, 0.4) is 0 Å². The largest absolute Gasteiger partial charge is 0.465 e. The van der Waals surface area contributed by atoms with Crippen molar-refractivity contribution in [3.8, 4) is 0 Å². The Labute approximate surface area is 181 Å². The average Bonchev–Trinajstić information content (AvgIpc) is 2.77. The van der Waals surface area contributed by atoms with Crippen molar-refractivity contribution in [1.29, 1.82) is 0 Å². The standard InChI is InChI=1S/C17H21N7O6S/c1-4-30-12(25)8-31-16-21-14(20-15(22-16)23-24-17(27)29-3)19-9-5-6-11(18)10(7-9)13(26)28-2/h5-7H,4,8,18H2,1-3H3,(H,24,27)(H2,19,20,21,22,23). The molecule has 0 radical (unpaired) electrons. The molecule has 166 valence electrons. The van der Waals surface area contributed by atoms with Crippen LogP contribution in [0.25, 0.3) is 0 Å². The number of benzene rings is 1. The number of amides is 1. The highest BCUT2D eigenvalue weighted by atomic mass is 32.2. The van der Waals surface area contributed by atoms with Crippen LogP contribution in [0.2, 0.25) is 0 Å². The normalized spacial score (nSPS) is 10.0. The monoisotopic (exact) mass is 451 g/mol. The van der Waals surface area contributed by atoms with E-state index in [0.717, 1.165) is 11.8 Å². The van der Waals surface area contributed by atoms with Gasteiger partial charge >= 0.3 is 18.0 Å². The maximum Gasteiger partial charge on any atom is 0.425 e. The molecule has 1 heterocycles. The van der Waals surface area contributed by atoms with Gasteiger partial charge < -0.3 is 25.3 Å². The van der Waals surface area contributed by atoms with Gasteiger partial charge in [0, 0.05) is 11.4 Å². The van der Waals surface area contributed by atoms with E-state index in [1.807, 2.05) is 0 Å². The fraction of sp³-hybridized carbons (Fsp3) is 0.294. The molecular weight excluding hydrogens is 430 g/mol. The summed E-state index contributed by atoms with van der Waals surface area (Å²) >= 11 is 1.01. The van der Waals surface area contributed by atoms with Crippen LogP contribution in [-0.4, -0.2) is 59.6 Å². The number of nitrogen functional groups attached to an aromatic ring is 1. The molecule has 0 atom stereocenters. The van der Waals surface area contributed by atoms with Crippen LogP contribution in [0.5, 0.6) is 0 Å². The summed E-state index contributed by atoms with van der Waals surface area (Å²) in [6, 6.07) is 4.59. The zero-order chi connectivity index (χ0) is 22.8. The van der Waals surface area contributed by atoms with Gasteiger partial charge in [-0.15, -0.1) is 0 Å². The van der Waals surface area contributed by atoms with Crippen LogP contribution >= 0.6 is 11.8 Å². The quantitative estimate of drug-likeness (QED) is 0.141. The Morgan fingerprint density at radius 1 is 1.10 bits per heavy atom. The third kappa shape index (κ3) is 7.18. The summed E-state index contributed by atoms with van der Waals surface area (Å²) in [6.07, 6.45) is -0.767. The summed E-state index contributed by atoms with van der Waals surface area (Å²) in [5, 5.41) is 3.08. The lowest BCUT2D eigenvalue weighted by Gasteiger charge is -2.11. The van der Waals surface area contributed by atoms with E-state index in [9.17, 15) is 14.4 Å². The summed E-state index contributed by atoms with van der Waals surface area (Å²) < 4.78 is 14.1. The number of carbonyl (C=O) groups excluding carboxylic acids is 3. The minimum atomic E-state index is -0.767. The van der Waals surface area contributed by atoms with E-state index in [4.69, 9.17) is 15.2 Å². The lowest BCUT2D eigenvalue weighted by molar-refractivity contribution is -0.139. The number of nitrogens with two attached hydrogens (primary N) is 1. The second-order valence-corrected chi connectivity index (χ2v) is 6.46. The third-order valence-corrected chi connectivity index (χ3v) is 4.24. The lowest BCUT2D eigenvalue weighted by atomic mass is 10.1. The number of hydrogen-bond donors (Lipinski definition) is 4. The van der Waals surface area contributed by atoms with E-state index in [-0.39, 0.29) is 40.7 Å². The molecule has 5 N–H and O–H groups in total. The minimum Gasteiger partial charge on any atom is -0.465 e. The molecule has 0 aliphatic carbocycles. The SMILES string of the molecule is CCOC(=O)CSc1nc(NNC(=O)OC)nc(Nc2ccc(N)c(C(=O)OC)c2)n1. The molecule has 31 heavy (non-hydrogen) atoms. The van der Waals surface area contributed by atoms with Crippen molar-refractivity contribution in [2.24, 2.45) is 0 Å². The van der Waals surface area contributed by atoms with Gasteiger partial charge in [0.1, 0.15) is 0 Å². The highest BCUT2D eigenvalue weighted by Crippen LogP contribution is 2.23. The number of rotatable bonds is 9. The number of methoxy groups -OCH3 is 2. The van der Waals surface area contributed by atoms with Gasteiger partial charge in [0.15, 0.2) is 5.16 Å². The molecule has 0 unspecified atom stereocenters. The highest BCUT2D eigenvalue weighted by molar-refractivity contribution is 7.99. The van der Waals surface area contributed by atoms with Gasteiger partial charge in [0.05, 0.1) is 32.1 Å². The zero-order valence-electron chi connectivity index (χ0n) is 16.9. The number of carbonyl (C=O) groups is 3. The fourth-order valence-corrected chi connectivity index (χ4v) is 2.70. The number of thioether (sulfide) groups is 1. The Morgan fingerprint density at radius 2 is 1.84 bits per heavy atom. The summed E-state index contributed by atoms with van der Waals surface area (Å²) in [7, 11) is 2.44. The number of nitrogens with zero attached hydrogens (tertiary/aromatic N) is 3. The van der Waals surface area contributed by atoms with E-state index in [1.54, 1.807) is 13.0 Å². The first-order chi connectivity index (χ1) is 14.9. The van der Waals surface area contributed by atoms with E-state index in [2.05, 4.69) is 35.9 Å². The summed E-state index contributed by atoms with van der Waals surface area (Å²) in [5.74, 6) is -1.04. The van der Waals surface area contributed by atoms with Crippen molar-refractivity contribution in [2.45, 2.75) is 12.1 Å². The topological polar surface area (TPSA) is 180 Å². The fourth-order valence-electron chi connectivity index (χ4n) is 2.07. The Hall–Kier alpha value is -3.81. The van der Waals surface area contributed by atoms with E-state index >= 15 is 0 Å². The maximum atomic E-state index is 11.8. The molecule has 0 spiro atoms. The molecule has 0 saturated carbocycles. The molecule has 1 aromatic carbocycles. The van der Waals surface area contributed by atoms with Crippen LogP contribution in [0, 0.1) is 0 Å². The van der Waals surface area contributed by atoms with Gasteiger partial charge in [-0.25, -0.2) is 15.0 Å². The van der Waals surface area contributed by atoms with Gasteiger partial charge in [-0.05, 0) is 25.1 Å². The summed E-state index contributed by atoms with van der Waals surface area (Å²) in [6.45, 7) is 1.95. The predicted molar refractivity (Wildman–Crippen MR) is 112 cm³/mol. The van der Waals surface area contributed by atoms with Crippen molar-refractivity contribution in [3.05, 3.63) is 23.8 Å². The van der Waals surface area contributed by atoms with Crippen molar-refractivity contribution in [3.63, 3.8) is 0 Å². The molecule has 0 aliphatic rings. The van der Waals surface area contributed by atoms with E-state index < -0.39 is 18.0 Å². The average molecular weight is 451 g/mol. The molecule has 2 aromatic rings. The number of anilines is 4. The molecule has 13 nitrogen and oxygen atoms in total. The smallest absolute Gasteiger partial charge is 0.425 e.